The van der Waals surface area contributed by atoms with Crippen LogP contribution in [-0.2, 0) is 11.3 Å². The Morgan fingerprint density at radius 2 is 1.45 bits per heavy atom. The number of nitrogens with zero attached hydrogens (tertiary/aromatic N) is 2. The molecule has 1 atom stereocenters. The molecule has 0 N–H and O–H groups in total. The number of halogens is 6. The zero-order valence-corrected chi connectivity index (χ0v) is 17.0. The molecule has 0 radical (unpaired) electrons. The van der Waals surface area contributed by atoms with Crippen molar-refractivity contribution in [1.29, 1.82) is 0 Å². The summed E-state index contributed by atoms with van der Waals surface area (Å²) < 4.78 is 79.9. The largest absolute Gasteiger partial charge is 0.423 e. The Bertz CT molecular complexity index is 809. The summed E-state index contributed by atoms with van der Waals surface area (Å²) in [6, 6.07) is 18.0. The van der Waals surface area contributed by atoms with Crippen LogP contribution in [0.2, 0.25) is 0 Å². The molecule has 0 aliphatic carbocycles. The Kier molecular flexibility index (Phi) is 7.28. The average Bonchev–Trinajstić information content (AvgIpc) is 2.69. The third-order valence-electron chi connectivity index (χ3n) is 5.31. The quantitative estimate of drug-likeness (QED) is 0.558. The normalized spacial score (nSPS) is 19.2. The van der Waals surface area contributed by atoms with Gasteiger partial charge in [-0.05, 0) is 23.6 Å². The maximum absolute atomic E-state index is 12.6. The van der Waals surface area contributed by atoms with Crippen molar-refractivity contribution in [3.05, 3.63) is 60.2 Å². The number of rotatable bonds is 6. The molecule has 3 nitrogen and oxygen atoms in total. The molecule has 31 heavy (non-hydrogen) atoms. The molecule has 1 heterocycles. The predicted molar refractivity (Wildman–Crippen MR) is 105 cm³/mol. The van der Waals surface area contributed by atoms with Crippen LogP contribution >= 0.6 is 0 Å². The average molecular weight is 446 g/mol. The molecule has 1 aliphatic rings. The Morgan fingerprint density at radius 1 is 0.871 bits per heavy atom. The minimum absolute atomic E-state index is 0.0404. The predicted octanol–water partition coefficient (Wildman–Crippen LogP) is 5.33. The first-order chi connectivity index (χ1) is 14.5. The first-order valence-electron chi connectivity index (χ1n) is 9.90. The van der Waals surface area contributed by atoms with E-state index in [1.165, 1.54) is 4.90 Å². The van der Waals surface area contributed by atoms with Gasteiger partial charge in [0.05, 0.1) is 0 Å². The SMILES string of the molecule is CC1CN(COC(C(F)(F)F)C(F)(F)F)CCN1Cc1ccc(-c2ccccc2)cc1. The lowest BCUT2D eigenvalue weighted by Crippen LogP contribution is -2.53. The second-order valence-corrected chi connectivity index (χ2v) is 7.72. The van der Waals surface area contributed by atoms with Gasteiger partial charge < -0.3 is 4.74 Å². The first-order valence-corrected chi connectivity index (χ1v) is 9.90. The molecule has 2 aromatic carbocycles. The monoisotopic (exact) mass is 446 g/mol. The standard InChI is InChI=1S/C22H24F6N2O/c1-16-13-29(15-31-20(21(23,24)25)22(26,27)28)11-12-30(16)14-17-7-9-19(10-8-17)18-5-3-2-4-6-18/h2-10,16,20H,11-15H2,1H3. The molecule has 3 rings (SSSR count). The van der Waals surface area contributed by atoms with E-state index in [2.05, 4.69) is 9.64 Å². The second-order valence-electron chi connectivity index (χ2n) is 7.72. The van der Waals surface area contributed by atoms with Crippen molar-refractivity contribution in [2.75, 3.05) is 26.4 Å². The summed E-state index contributed by atoms with van der Waals surface area (Å²) in [6.45, 7) is 3.01. The molecule has 1 saturated heterocycles. The molecule has 2 aromatic rings. The zero-order chi connectivity index (χ0) is 22.6. The molecular formula is C22H24F6N2O. The van der Waals surface area contributed by atoms with Crippen molar-refractivity contribution in [2.24, 2.45) is 0 Å². The summed E-state index contributed by atoms with van der Waals surface area (Å²) in [5.41, 5.74) is 3.31. The van der Waals surface area contributed by atoms with E-state index in [1.54, 1.807) is 0 Å². The molecule has 1 unspecified atom stereocenters. The van der Waals surface area contributed by atoms with E-state index in [-0.39, 0.29) is 6.04 Å². The highest BCUT2D eigenvalue weighted by Gasteiger charge is 2.58. The number of ether oxygens (including phenoxy) is 1. The van der Waals surface area contributed by atoms with Gasteiger partial charge in [-0.2, -0.15) is 26.3 Å². The Balaban J connectivity index is 1.52. The first kappa shape index (κ1) is 23.6. The van der Waals surface area contributed by atoms with E-state index in [4.69, 9.17) is 0 Å². The molecular weight excluding hydrogens is 422 g/mol. The third kappa shape index (κ3) is 6.44. The molecule has 1 aliphatic heterocycles. The Labute approximate surface area is 177 Å². The van der Waals surface area contributed by atoms with Gasteiger partial charge in [-0.25, -0.2) is 0 Å². The van der Waals surface area contributed by atoms with Crippen molar-refractivity contribution < 1.29 is 31.1 Å². The van der Waals surface area contributed by atoms with Crippen LogP contribution in [0.1, 0.15) is 12.5 Å². The van der Waals surface area contributed by atoms with Gasteiger partial charge in [0.2, 0.25) is 0 Å². The molecule has 9 heteroatoms. The van der Waals surface area contributed by atoms with Crippen molar-refractivity contribution in [3.63, 3.8) is 0 Å². The van der Waals surface area contributed by atoms with Gasteiger partial charge in [0.1, 0.15) is 6.73 Å². The maximum Gasteiger partial charge on any atom is 0.423 e. The highest BCUT2D eigenvalue weighted by Crippen LogP contribution is 2.35. The van der Waals surface area contributed by atoms with Gasteiger partial charge in [-0.3, -0.25) is 9.80 Å². The van der Waals surface area contributed by atoms with Crippen LogP contribution in [0.4, 0.5) is 26.3 Å². The van der Waals surface area contributed by atoms with Crippen molar-refractivity contribution >= 4 is 0 Å². The van der Waals surface area contributed by atoms with E-state index in [9.17, 15) is 26.3 Å². The summed E-state index contributed by atoms with van der Waals surface area (Å²) in [5, 5.41) is 0. The van der Waals surface area contributed by atoms with Crippen LogP contribution < -0.4 is 0 Å². The van der Waals surface area contributed by atoms with Crippen LogP contribution in [0.15, 0.2) is 54.6 Å². The molecule has 1 fully saturated rings. The van der Waals surface area contributed by atoms with E-state index >= 15 is 0 Å². The van der Waals surface area contributed by atoms with E-state index in [1.807, 2.05) is 61.5 Å². The number of benzene rings is 2. The van der Waals surface area contributed by atoms with Gasteiger partial charge in [-0.15, -0.1) is 0 Å². The lowest BCUT2D eigenvalue weighted by atomic mass is 10.0. The molecule has 0 bridgehead atoms. The van der Waals surface area contributed by atoms with E-state index in [0.29, 0.717) is 26.2 Å². The number of piperazine rings is 1. The second kappa shape index (κ2) is 9.58. The van der Waals surface area contributed by atoms with Gasteiger partial charge >= 0.3 is 12.4 Å². The highest BCUT2D eigenvalue weighted by molar-refractivity contribution is 5.63. The fraction of sp³-hybridized carbons (Fsp3) is 0.455. The molecule has 0 spiro atoms. The lowest BCUT2D eigenvalue weighted by molar-refractivity contribution is -0.328. The molecule has 0 saturated carbocycles. The fourth-order valence-corrected chi connectivity index (χ4v) is 3.65. The highest BCUT2D eigenvalue weighted by atomic mass is 19.4. The van der Waals surface area contributed by atoms with Crippen LogP contribution in [0.5, 0.6) is 0 Å². The van der Waals surface area contributed by atoms with Crippen LogP contribution in [-0.4, -0.2) is 60.7 Å². The minimum atomic E-state index is -5.49. The van der Waals surface area contributed by atoms with Gasteiger partial charge in [-0.1, -0.05) is 54.6 Å². The zero-order valence-electron chi connectivity index (χ0n) is 17.0. The lowest BCUT2D eigenvalue weighted by Gasteiger charge is -2.40. The fourth-order valence-electron chi connectivity index (χ4n) is 3.65. The van der Waals surface area contributed by atoms with Crippen molar-refractivity contribution in [2.45, 2.75) is 38.0 Å². The van der Waals surface area contributed by atoms with Crippen molar-refractivity contribution in [1.82, 2.24) is 9.80 Å². The Hall–Kier alpha value is -2.10. The number of alkyl halides is 6. The van der Waals surface area contributed by atoms with Gasteiger partial charge in [0.25, 0.3) is 6.10 Å². The molecule has 0 aromatic heterocycles. The maximum atomic E-state index is 12.6. The van der Waals surface area contributed by atoms with Crippen LogP contribution in [0.3, 0.4) is 0 Å². The van der Waals surface area contributed by atoms with Gasteiger partial charge in [0.15, 0.2) is 0 Å². The van der Waals surface area contributed by atoms with Crippen LogP contribution in [0, 0.1) is 0 Å². The van der Waals surface area contributed by atoms with Crippen LogP contribution in [0.25, 0.3) is 11.1 Å². The molecule has 170 valence electrons. The summed E-state index contributed by atoms with van der Waals surface area (Å²) in [7, 11) is 0. The topological polar surface area (TPSA) is 15.7 Å². The smallest absolute Gasteiger partial charge is 0.345 e. The van der Waals surface area contributed by atoms with E-state index in [0.717, 1.165) is 16.7 Å². The summed E-state index contributed by atoms with van der Waals surface area (Å²) in [4.78, 5) is 3.63. The Morgan fingerprint density at radius 3 is 2.00 bits per heavy atom. The minimum Gasteiger partial charge on any atom is -0.345 e. The number of hydrogen-bond donors (Lipinski definition) is 0. The molecule has 0 amide bonds. The summed E-state index contributed by atoms with van der Waals surface area (Å²) in [5.74, 6) is 0. The van der Waals surface area contributed by atoms with E-state index < -0.39 is 25.2 Å². The number of hydrogen-bond acceptors (Lipinski definition) is 3. The van der Waals surface area contributed by atoms with Gasteiger partial charge in [0, 0.05) is 32.2 Å². The van der Waals surface area contributed by atoms with Crippen molar-refractivity contribution in [3.8, 4) is 11.1 Å². The third-order valence-corrected chi connectivity index (χ3v) is 5.31. The summed E-state index contributed by atoms with van der Waals surface area (Å²) in [6.07, 6.45) is -14.7. The summed E-state index contributed by atoms with van der Waals surface area (Å²) >= 11 is 0.